The van der Waals surface area contributed by atoms with Crippen molar-refractivity contribution in [2.45, 2.75) is 38.9 Å². The van der Waals surface area contributed by atoms with Gasteiger partial charge in [-0.2, -0.15) is 0 Å². The van der Waals surface area contributed by atoms with Crippen molar-refractivity contribution in [2.75, 3.05) is 13.7 Å². The minimum atomic E-state index is -0.194. The molecule has 0 fully saturated rings. The van der Waals surface area contributed by atoms with E-state index in [9.17, 15) is 4.79 Å². The Kier molecular flexibility index (Phi) is 9.12. The largest absolute Gasteiger partial charge is 0.497 e. The topological polar surface area (TPSA) is 38.8 Å². The van der Waals surface area contributed by atoms with Gasteiger partial charge in [-0.15, -0.1) is 0 Å². The van der Waals surface area contributed by atoms with E-state index in [-0.39, 0.29) is 24.5 Å². The molecule has 0 heterocycles. The van der Waals surface area contributed by atoms with Gasteiger partial charge in [0.2, 0.25) is 0 Å². The highest BCUT2D eigenvalue weighted by Crippen LogP contribution is 2.36. The second-order valence-electron chi connectivity index (χ2n) is 9.12. The van der Waals surface area contributed by atoms with Crippen molar-refractivity contribution in [3.63, 3.8) is 0 Å². The quantitative estimate of drug-likeness (QED) is 0.201. The lowest BCUT2D eigenvalue weighted by Gasteiger charge is -2.37. The Balaban J connectivity index is 1.77. The Labute approximate surface area is 220 Å². The van der Waals surface area contributed by atoms with Crippen LogP contribution in [0.1, 0.15) is 49.0 Å². The van der Waals surface area contributed by atoms with Gasteiger partial charge < -0.3 is 9.47 Å². The van der Waals surface area contributed by atoms with Crippen LogP contribution in [0.15, 0.2) is 109 Å². The van der Waals surface area contributed by atoms with Crippen LogP contribution in [-0.4, -0.2) is 24.6 Å². The summed E-state index contributed by atoms with van der Waals surface area (Å²) >= 11 is 0. The number of hydrogen-bond donors (Lipinski definition) is 0. The highest BCUT2D eigenvalue weighted by atomic mass is 16.5. The van der Waals surface area contributed by atoms with Crippen LogP contribution in [0.25, 0.3) is 11.1 Å². The molecule has 0 spiro atoms. The minimum Gasteiger partial charge on any atom is -0.497 e. The van der Waals surface area contributed by atoms with Gasteiger partial charge in [-0.1, -0.05) is 91.0 Å². The summed E-state index contributed by atoms with van der Waals surface area (Å²) in [5, 5.41) is 0. The van der Waals surface area contributed by atoms with Crippen molar-refractivity contribution in [1.29, 1.82) is 0 Å². The maximum absolute atomic E-state index is 12.9. The first kappa shape index (κ1) is 26.2. The summed E-state index contributed by atoms with van der Waals surface area (Å²) in [5.41, 5.74) is 5.69. The lowest BCUT2D eigenvalue weighted by molar-refractivity contribution is -0.145. The SMILES string of the molecule is CCOC(=O)C[C@@H](c1cccc(-c2ccc(OC)cc2)c1)N(Cc1ccccc1)[C@H](C)c1ccccc1. The van der Waals surface area contributed by atoms with Gasteiger partial charge >= 0.3 is 5.97 Å². The standard InChI is InChI=1S/C33H35NO3/c1-4-37-33(35)23-32(30-17-11-16-29(22-30)28-18-20-31(36-3)21-19-28)34(24-26-12-7-5-8-13-26)25(2)27-14-9-6-10-15-27/h5-22,25,32H,4,23-24H2,1-3H3/t25-,32+/m1/s1. The first-order valence-corrected chi connectivity index (χ1v) is 12.8. The van der Waals surface area contributed by atoms with E-state index in [0.29, 0.717) is 13.2 Å². The van der Waals surface area contributed by atoms with Crippen LogP contribution in [-0.2, 0) is 16.1 Å². The zero-order valence-corrected chi connectivity index (χ0v) is 21.8. The number of methoxy groups -OCH3 is 1. The molecule has 4 nitrogen and oxygen atoms in total. The van der Waals surface area contributed by atoms with E-state index in [1.807, 2.05) is 31.2 Å². The number of benzene rings is 4. The second-order valence-corrected chi connectivity index (χ2v) is 9.12. The molecular weight excluding hydrogens is 458 g/mol. The van der Waals surface area contributed by atoms with E-state index < -0.39 is 0 Å². The van der Waals surface area contributed by atoms with Crippen LogP contribution < -0.4 is 4.74 Å². The van der Waals surface area contributed by atoms with Crippen molar-refractivity contribution >= 4 is 5.97 Å². The predicted molar refractivity (Wildman–Crippen MR) is 149 cm³/mol. The Bertz CT molecular complexity index is 1260. The summed E-state index contributed by atoms with van der Waals surface area (Å²) in [5.74, 6) is 0.631. The van der Waals surface area contributed by atoms with Gasteiger partial charge in [0, 0.05) is 18.6 Å². The monoisotopic (exact) mass is 493 g/mol. The van der Waals surface area contributed by atoms with Gasteiger partial charge in [-0.05, 0) is 59.9 Å². The molecule has 0 aliphatic heterocycles. The number of nitrogens with zero attached hydrogens (tertiary/aromatic N) is 1. The predicted octanol–water partition coefficient (Wildman–Crippen LogP) is 7.62. The molecular formula is C33H35NO3. The molecule has 4 heteroatoms. The van der Waals surface area contributed by atoms with Gasteiger partial charge in [0.15, 0.2) is 0 Å². The van der Waals surface area contributed by atoms with Gasteiger partial charge in [0.25, 0.3) is 0 Å². The molecule has 0 N–H and O–H groups in total. The number of ether oxygens (including phenoxy) is 2. The summed E-state index contributed by atoms with van der Waals surface area (Å²) in [6.07, 6.45) is 0.268. The van der Waals surface area contributed by atoms with Crippen LogP contribution in [0.5, 0.6) is 5.75 Å². The summed E-state index contributed by atoms with van der Waals surface area (Å²) < 4.78 is 10.8. The first-order chi connectivity index (χ1) is 18.1. The van der Waals surface area contributed by atoms with Gasteiger partial charge in [0.1, 0.15) is 5.75 Å². The summed E-state index contributed by atoms with van der Waals surface area (Å²) in [6.45, 7) is 5.13. The van der Waals surface area contributed by atoms with Crippen molar-refractivity contribution < 1.29 is 14.3 Å². The third-order valence-corrected chi connectivity index (χ3v) is 6.75. The maximum Gasteiger partial charge on any atom is 0.307 e. The molecule has 37 heavy (non-hydrogen) atoms. The van der Waals surface area contributed by atoms with Crippen LogP contribution in [0.3, 0.4) is 0 Å². The molecule has 0 aromatic heterocycles. The zero-order valence-electron chi connectivity index (χ0n) is 21.8. The Morgan fingerprint density at radius 1 is 0.784 bits per heavy atom. The average Bonchev–Trinajstić information content (AvgIpc) is 2.96. The third kappa shape index (κ3) is 6.87. The van der Waals surface area contributed by atoms with E-state index in [1.165, 1.54) is 11.1 Å². The summed E-state index contributed by atoms with van der Waals surface area (Å²) in [6, 6.07) is 37.4. The Hall–Kier alpha value is -3.89. The van der Waals surface area contributed by atoms with Crippen molar-refractivity contribution in [3.8, 4) is 16.9 Å². The molecule has 0 radical (unpaired) electrons. The second kappa shape index (κ2) is 12.9. The molecule has 0 unspecified atom stereocenters. The first-order valence-electron chi connectivity index (χ1n) is 12.8. The third-order valence-electron chi connectivity index (χ3n) is 6.75. The van der Waals surface area contributed by atoms with Crippen LogP contribution in [0.4, 0.5) is 0 Å². The van der Waals surface area contributed by atoms with E-state index in [2.05, 4.69) is 96.8 Å². The normalized spacial score (nSPS) is 12.6. The number of carbonyl (C=O) groups excluding carboxylic acids is 1. The Morgan fingerprint density at radius 2 is 1.43 bits per heavy atom. The van der Waals surface area contributed by atoms with E-state index in [0.717, 1.165) is 22.4 Å². The fourth-order valence-electron chi connectivity index (χ4n) is 4.75. The molecule has 0 aliphatic rings. The van der Waals surface area contributed by atoms with Crippen molar-refractivity contribution in [1.82, 2.24) is 4.90 Å². The Morgan fingerprint density at radius 3 is 2.08 bits per heavy atom. The van der Waals surface area contributed by atoms with E-state index in [1.54, 1.807) is 7.11 Å². The fourth-order valence-corrected chi connectivity index (χ4v) is 4.75. The maximum atomic E-state index is 12.9. The van der Waals surface area contributed by atoms with Crippen LogP contribution in [0, 0.1) is 0 Å². The van der Waals surface area contributed by atoms with E-state index >= 15 is 0 Å². The molecule has 0 saturated heterocycles. The lowest BCUT2D eigenvalue weighted by atomic mass is 9.94. The number of hydrogen-bond acceptors (Lipinski definition) is 4. The molecule has 4 rings (SSSR count). The molecule has 0 saturated carbocycles. The molecule has 190 valence electrons. The number of carbonyl (C=O) groups is 1. The molecule has 0 amide bonds. The average molecular weight is 494 g/mol. The molecule has 2 atom stereocenters. The molecule has 4 aromatic rings. The highest BCUT2D eigenvalue weighted by molar-refractivity contribution is 5.71. The minimum absolute atomic E-state index is 0.0745. The van der Waals surface area contributed by atoms with Crippen LogP contribution in [0.2, 0.25) is 0 Å². The summed E-state index contributed by atoms with van der Waals surface area (Å²) in [7, 11) is 1.67. The highest BCUT2D eigenvalue weighted by Gasteiger charge is 2.29. The molecule has 0 aliphatic carbocycles. The lowest BCUT2D eigenvalue weighted by Crippen LogP contribution is -2.33. The summed E-state index contributed by atoms with van der Waals surface area (Å²) in [4.78, 5) is 15.3. The van der Waals surface area contributed by atoms with E-state index in [4.69, 9.17) is 9.47 Å². The smallest absolute Gasteiger partial charge is 0.307 e. The zero-order chi connectivity index (χ0) is 26.0. The van der Waals surface area contributed by atoms with Crippen LogP contribution >= 0.6 is 0 Å². The van der Waals surface area contributed by atoms with Crippen molar-refractivity contribution in [2.24, 2.45) is 0 Å². The van der Waals surface area contributed by atoms with Gasteiger partial charge in [0.05, 0.1) is 20.1 Å². The number of esters is 1. The molecule has 0 bridgehead atoms. The van der Waals surface area contributed by atoms with Crippen molar-refractivity contribution in [3.05, 3.63) is 126 Å². The van der Waals surface area contributed by atoms with Gasteiger partial charge in [-0.3, -0.25) is 9.69 Å². The fraction of sp³-hybridized carbons (Fsp3) is 0.242. The van der Waals surface area contributed by atoms with Gasteiger partial charge in [-0.25, -0.2) is 0 Å². The molecule has 4 aromatic carbocycles. The number of rotatable bonds is 11.